The van der Waals surface area contributed by atoms with E-state index < -0.39 is 167 Å². The van der Waals surface area contributed by atoms with E-state index in [0.29, 0.717) is 13.1 Å². The molecule has 0 bridgehead atoms. The predicted octanol–water partition coefficient (Wildman–Crippen LogP) is 4.26. The van der Waals surface area contributed by atoms with Crippen molar-refractivity contribution in [1.29, 1.82) is 0 Å². The summed E-state index contributed by atoms with van der Waals surface area (Å²) in [5, 5.41) is 23.4. The van der Waals surface area contributed by atoms with Crippen LogP contribution in [0.15, 0.2) is 12.2 Å². The van der Waals surface area contributed by atoms with Crippen LogP contribution in [0.4, 0.5) is 4.79 Å². The Morgan fingerprint density at radius 2 is 0.947 bits per heavy atom. The lowest BCUT2D eigenvalue weighted by molar-refractivity contribution is -0.157. The van der Waals surface area contributed by atoms with Gasteiger partial charge in [0.1, 0.15) is 72.6 Å². The molecule has 2 saturated heterocycles. The van der Waals surface area contributed by atoms with Crippen LogP contribution in [-0.4, -0.2) is 256 Å². The number of rotatable bonds is 18. The molecule has 2 heterocycles. The van der Waals surface area contributed by atoms with Crippen molar-refractivity contribution in [2.24, 2.45) is 41.4 Å². The molecule has 0 aromatic heterocycles. The number of carbonyl (C=O) groups excluding carboxylic acids is 12. The summed E-state index contributed by atoms with van der Waals surface area (Å²) in [6.45, 7) is 33.5. The molecule has 2 fully saturated rings. The second kappa shape index (κ2) is 38.2. The average molecular weight is 1340 g/mol. The molecule has 0 aromatic carbocycles. The van der Waals surface area contributed by atoms with Crippen LogP contribution in [0.25, 0.3) is 0 Å². The zero-order chi connectivity index (χ0) is 73.1. The highest BCUT2D eigenvalue weighted by molar-refractivity contribution is 6.00. The lowest BCUT2D eigenvalue weighted by Gasteiger charge is -2.41. The van der Waals surface area contributed by atoms with Crippen LogP contribution in [0.5, 0.6) is 0 Å². The van der Waals surface area contributed by atoms with E-state index in [9.17, 15) is 33.9 Å². The van der Waals surface area contributed by atoms with Gasteiger partial charge >= 0.3 is 6.09 Å². The Morgan fingerprint density at radius 1 is 0.516 bits per heavy atom. The monoisotopic (exact) mass is 1340 g/mol. The maximum atomic E-state index is 15.4. The summed E-state index contributed by atoms with van der Waals surface area (Å²) in [7, 11) is 8.48. The Balaban J connectivity index is 3.15. The molecule has 0 saturated carbocycles. The highest BCUT2D eigenvalue weighted by atomic mass is 16.6. The van der Waals surface area contributed by atoms with Gasteiger partial charge in [0.25, 0.3) is 0 Å². The first-order chi connectivity index (χ1) is 44.1. The van der Waals surface area contributed by atoms with Crippen molar-refractivity contribution < 1.29 is 67.4 Å². The van der Waals surface area contributed by atoms with Crippen LogP contribution in [0, 0.1) is 41.4 Å². The second-order valence-electron chi connectivity index (χ2n) is 28.8. The number of hydrogen-bond donors (Lipinski definition) is 5. The number of ether oxygens (including phenoxy) is 1. The van der Waals surface area contributed by atoms with Crippen LogP contribution < -0.4 is 21.3 Å². The number of aliphatic hydroxyl groups is 1. The number of nitrogens with one attached hydrogen (secondary N) is 4. The number of allylic oxidation sites excluding steroid dienone is 2. The fourth-order valence-corrected chi connectivity index (χ4v) is 12.5. The largest absolute Gasteiger partial charge is 0.444 e. The Labute approximate surface area is 567 Å². The summed E-state index contributed by atoms with van der Waals surface area (Å²) in [4.78, 5) is 188. The minimum atomic E-state index is -1.69. The summed E-state index contributed by atoms with van der Waals surface area (Å²) in [5.41, 5.74) is 0. The number of amides is 12. The van der Waals surface area contributed by atoms with E-state index in [-0.39, 0.29) is 75.2 Å². The Hall–Kier alpha value is -6.86. The molecule has 1 unspecified atom stereocenters. The van der Waals surface area contributed by atoms with E-state index in [1.807, 2.05) is 55.4 Å². The van der Waals surface area contributed by atoms with Gasteiger partial charge in [0, 0.05) is 61.8 Å². The van der Waals surface area contributed by atoms with Gasteiger partial charge in [0.2, 0.25) is 65.0 Å². The molecule has 12 amide bonds. The SMILES string of the molecule is C/C=C/C[C@@H](C)[C@@H](O)[C@H]1C(=O)N[C@@H](CC)C(=O)N2CC(OC(=O)N(CC)CC)C[C@@H]2C(=O)N(C)[C@@H](CC(C)C)C(=O)N[C@@H](C(C)C)C(=O)N(C)[C@@H](CC(C)C)C(=O)N[C@@H](C)C(=O)N[C@H](C)C(=O)N(C)[C@@H](CC(C)C)C(=O)N(C)[C@@H](CC(C)C)C(=O)N(C)[C@@H](C(C)C)C(=O)N1C. The Morgan fingerprint density at radius 3 is 1.40 bits per heavy atom. The Bertz CT molecular complexity index is 2660. The molecule has 5 N–H and O–H groups in total. The van der Waals surface area contributed by atoms with Crippen molar-refractivity contribution in [2.75, 3.05) is 61.9 Å². The number of nitrogens with zero attached hydrogens (tertiary/aromatic N) is 8. The van der Waals surface area contributed by atoms with Crippen molar-refractivity contribution in [2.45, 2.75) is 255 Å². The minimum absolute atomic E-state index is 0.0716. The third kappa shape index (κ3) is 22.6. The normalized spacial score (nSPS) is 27.4. The summed E-state index contributed by atoms with van der Waals surface area (Å²) in [5.74, 6) is -10.5. The van der Waals surface area contributed by atoms with Gasteiger partial charge in [0.05, 0.1) is 12.6 Å². The highest BCUT2D eigenvalue weighted by Crippen LogP contribution is 2.29. The van der Waals surface area contributed by atoms with Gasteiger partial charge in [-0.25, -0.2) is 4.79 Å². The molecular weight excluding hydrogens is 1220 g/mol. The quantitative estimate of drug-likeness (QED) is 0.120. The molecule has 542 valence electrons. The van der Waals surface area contributed by atoms with Gasteiger partial charge in [0.15, 0.2) is 0 Å². The standard InChI is InChI=1S/C69H122N12O14/c1-26-30-31-44(17)57(82)56-61(86)72-48(27-2)63(88)81-37-47(95-69(94)80(28-3)29-4)36-53(81)66(91)74(20)50(33-39(7)8)60(85)73-54(42(13)14)67(92)75(21)49(32-38(5)6)59(84)70-45(18)58(83)71-46(19)62(87)76(22)51(34-40(9)10)64(89)77(23)52(35-41(11)12)65(90)78(24)55(43(15)16)68(93)79(56)25/h26,30,38-57,82H,27-29,31-37H2,1-25H3,(H,70,84)(H,71,83)(H,72,86)(H,73,85)/b30-26+/t44-,45+,46-,47?,48+,49+,50+,51+,52+,53-,54+,55+,56+,57-/m1/s1. The molecule has 0 aromatic rings. The topological polar surface area (TPSA) is 308 Å². The minimum Gasteiger partial charge on any atom is -0.444 e. The van der Waals surface area contributed by atoms with Crippen LogP contribution in [0.2, 0.25) is 0 Å². The lowest BCUT2D eigenvalue weighted by atomic mass is 9.91. The molecule has 26 nitrogen and oxygen atoms in total. The number of likely N-dealkylation sites (N-methyl/N-ethyl adjacent to an activating group) is 6. The van der Waals surface area contributed by atoms with Crippen molar-refractivity contribution in [3.05, 3.63) is 12.2 Å². The van der Waals surface area contributed by atoms with Crippen LogP contribution in [-0.2, 0) is 57.5 Å². The van der Waals surface area contributed by atoms with Crippen LogP contribution >= 0.6 is 0 Å². The van der Waals surface area contributed by atoms with Gasteiger partial charge in [-0.3, -0.25) is 52.7 Å². The molecular formula is C69H122N12O14. The van der Waals surface area contributed by atoms with E-state index in [1.165, 1.54) is 90.4 Å². The van der Waals surface area contributed by atoms with Crippen LogP contribution in [0.1, 0.15) is 176 Å². The van der Waals surface area contributed by atoms with Crippen molar-refractivity contribution in [1.82, 2.24) is 60.5 Å². The number of hydrogen-bond acceptors (Lipinski definition) is 14. The van der Waals surface area contributed by atoms with Crippen LogP contribution in [0.3, 0.4) is 0 Å². The van der Waals surface area contributed by atoms with Crippen molar-refractivity contribution >= 4 is 71.1 Å². The predicted molar refractivity (Wildman–Crippen MR) is 364 cm³/mol. The first-order valence-corrected chi connectivity index (χ1v) is 34.4. The third-order valence-corrected chi connectivity index (χ3v) is 18.4. The average Bonchev–Trinajstić information content (AvgIpc) is 1.79. The number of carbonyl (C=O) groups is 12. The first kappa shape index (κ1) is 84.2. The highest BCUT2D eigenvalue weighted by Gasteiger charge is 2.49. The summed E-state index contributed by atoms with van der Waals surface area (Å²) in [6, 6.07) is -14.3. The van der Waals surface area contributed by atoms with Gasteiger partial charge in [-0.05, 0) is 115 Å². The molecule has 0 spiro atoms. The van der Waals surface area contributed by atoms with E-state index in [2.05, 4.69) is 21.3 Å². The Kier molecular flexibility index (Phi) is 33.8. The van der Waals surface area contributed by atoms with Gasteiger partial charge in [-0.15, -0.1) is 0 Å². The molecule has 26 heteroatoms. The molecule has 2 aliphatic rings. The molecule has 14 atom stereocenters. The fourth-order valence-electron chi connectivity index (χ4n) is 12.5. The van der Waals surface area contributed by atoms with Crippen molar-refractivity contribution in [3.8, 4) is 0 Å². The third-order valence-electron chi connectivity index (χ3n) is 18.4. The molecule has 0 radical (unpaired) electrons. The van der Waals surface area contributed by atoms with E-state index in [0.717, 1.165) is 4.90 Å². The second-order valence-corrected chi connectivity index (χ2v) is 28.8. The molecule has 2 aliphatic heterocycles. The summed E-state index contributed by atoms with van der Waals surface area (Å²) in [6.07, 6.45) is 0.713. The van der Waals surface area contributed by atoms with E-state index >= 15 is 28.8 Å². The number of fused-ring (bicyclic) bond motifs is 1. The summed E-state index contributed by atoms with van der Waals surface area (Å²) >= 11 is 0. The molecule has 2 rings (SSSR count). The molecule has 95 heavy (non-hydrogen) atoms. The maximum absolute atomic E-state index is 15.4. The summed E-state index contributed by atoms with van der Waals surface area (Å²) < 4.78 is 5.98. The fraction of sp³-hybridized carbons (Fsp3) is 0.797. The van der Waals surface area contributed by atoms with Gasteiger partial charge in [-0.2, -0.15) is 0 Å². The molecule has 0 aliphatic carbocycles. The number of aliphatic hydroxyl groups excluding tert-OH is 1. The smallest absolute Gasteiger partial charge is 0.410 e. The van der Waals surface area contributed by atoms with Crippen molar-refractivity contribution in [3.63, 3.8) is 0 Å². The maximum Gasteiger partial charge on any atom is 0.410 e. The van der Waals surface area contributed by atoms with Gasteiger partial charge in [-0.1, -0.05) is 109 Å². The van der Waals surface area contributed by atoms with E-state index in [1.54, 1.807) is 74.5 Å². The van der Waals surface area contributed by atoms with E-state index in [4.69, 9.17) is 4.74 Å². The van der Waals surface area contributed by atoms with Gasteiger partial charge < -0.3 is 70.3 Å². The first-order valence-electron chi connectivity index (χ1n) is 34.4. The zero-order valence-electron chi connectivity index (χ0n) is 62.1. The lowest BCUT2D eigenvalue weighted by Crippen LogP contribution is -2.64. The zero-order valence-corrected chi connectivity index (χ0v) is 62.1.